The van der Waals surface area contributed by atoms with Crippen molar-refractivity contribution in [1.82, 2.24) is 0 Å². The molecule has 0 amide bonds. The van der Waals surface area contributed by atoms with Crippen molar-refractivity contribution in [3.8, 4) is 5.75 Å². The maximum absolute atomic E-state index is 13.5. The standard InChI is InChI=1S/C10H14F2N2O2/c1-16-9-3-6(11)5(2-7(9)12)10(14)8(15)4-13/h2-3,8,10,15H,4,13-14H2,1H3. The summed E-state index contributed by atoms with van der Waals surface area (Å²) in [5.41, 5.74) is 10.6. The number of rotatable bonds is 4. The van der Waals surface area contributed by atoms with Gasteiger partial charge in [-0.2, -0.15) is 0 Å². The van der Waals surface area contributed by atoms with Gasteiger partial charge in [0.1, 0.15) is 5.82 Å². The second-order valence-corrected chi connectivity index (χ2v) is 3.34. The van der Waals surface area contributed by atoms with Crippen molar-refractivity contribution in [1.29, 1.82) is 0 Å². The molecule has 0 aromatic heterocycles. The van der Waals surface area contributed by atoms with Gasteiger partial charge in [-0.05, 0) is 6.07 Å². The first-order chi connectivity index (χ1) is 7.51. The number of hydrogen-bond donors (Lipinski definition) is 3. The van der Waals surface area contributed by atoms with E-state index < -0.39 is 23.8 Å². The van der Waals surface area contributed by atoms with Crippen LogP contribution in [0.15, 0.2) is 12.1 Å². The molecule has 0 aliphatic rings. The summed E-state index contributed by atoms with van der Waals surface area (Å²) in [7, 11) is 1.23. The zero-order valence-electron chi connectivity index (χ0n) is 8.78. The van der Waals surface area contributed by atoms with E-state index in [1.54, 1.807) is 0 Å². The minimum atomic E-state index is -1.12. The van der Waals surface area contributed by atoms with Crippen LogP contribution >= 0.6 is 0 Å². The van der Waals surface area contributed by atoms with Crippen LogP contribution in [0.1, 0.15) is 11.6 Å². The van der Waals surface area contributed by atoms with Gasteiger partial charge in [-0.3, -0.25) is 0 Å². The third-order valence-electron chi connectivity index (χ3n) is 2.29. The van der Waals surface area contributed by atoms with Crippen LogP contribution in [-0.4, -0.2) is 24.9 Å². The molecule has 2 unspecified atom stereocenters. The number of ether oxygens (including phenoxy) is 1. The van der Waals surface area contributed by atoms with Gasteiger partial charge in [0.05, 0.1) is 19.3 Å². The topological polar surface area (TPSA) is 81.5 Å². The van der Waals surface area contributed by atoms with Gasteiger partial charge in [-0.15, -0.1) is 0 Å². The lowest BCUT2D eigenvalue weighted by Gasteiger charge is -2.18. The van der Waals surface area contributed by atoms with Crippen molar-refractivity contribution in [3.05, 3.63) is 29.3 Å². The average Bonchev–Trinajstić information content (AvgIpc) is 2.29. The summed E-state index contributed by atoms with van der Waals surface area (Å²) < 4.78 is 31.4. The van der Waals surface area contributed by atoms with Gasteiger partial charge >= 0.3 is 0 Å². The van der Waals surface area contributed by atoms with Crippen LogP contribution in [0.3, 0.4) is 0 Å². The Bertz CT molecular complexity index is 374. The highest BCUT2D eigenvalue weighted by atomic mass is 19.1. The molecule has 0 bridgehead atoms. The van der Waals surface area contributed by atoms with Gasteiger partial charge in [-0.25, -0.2) is 8.78 Å². The molecule has 0 saturated heterocycles. The Morgan fingerprint density at radius 1 is 1.38 bits per heavy atom. The summed E-state index contributed by atoms with van der Waals surface area (Å²) in [6, 6.07) is 0.719. The number of halogens is 2. The van der Waals surface area contributed by atoms with Gasteiger partial charge in [0.25, 0.3) is 0 Å². The SMILES string of the molecule is COc1cc(F)c(C(N)C(O)CN)cc1F. The number of aliphatic hydroxyl groups excluding tert-OH is 1. The molecule has 0 heterocycles. The predicted molar refractivity (Wildman–Crippen MR) is 54.9 cm³/mol. The van der Waals surface area contributed by atoms with Crippen LogP contribution < -0.4 is 16.2 Å². The van der Waals surface area contributed by atoms with E-state index in [2.05, 4.69) is 4.74 Å². The molecule has 0 fully saturated rings. The van der Waals surface area contributed by atoms with Crippen LogP contribution in [0.4, 0.5) is 8.78 Å². The molecule has 16 heavy (non-hydrogen) atoms. The van der Waals surface area contributed by atoms with Gasteiger partial charge in [0, 0.05) is 18.2 Å². The Morgan fingerprint density at radius 2 is 2.00 bits per heavy atom. The van der Waals surface area contributed by atoms with E-state index in [0.717, 1.165) is 12.1 Å². The van der Waals surface area contributed by atoms with Crippen molar-refractivity contribution < 1.29 is 18.6 Å². The summed E-state index contributed by atoms with van der Waals surface area (Å²) >= 11 is 0. The van der Waals surface area contributed by atoms with Crippen molar-refractivity contribution in [2.45, 2.75) is 12.1 Å². The Hall–Kier alpha value is -1.24. The zero-order valence-corrected chi connectivity index (χ0v) is 8.78. The number of nitrogens with two attached hydrogens (primary N) is 2. The first-order valence-electron chi connectivity index (χ1n) is 4.68. The maximum atomic E-state index is 13.5. The largest absolute Gasteiger partial charge is 0.494 e. The first-order valence-corrected chi connectivity index (χ1v) is 4.68. The fourth-order valence-electron chi connectivity index (χ4n) is 1.31. The molecular weight excluding hydrogens is 218 g/mol. The van der Waals surface area contributed by atoms with Crippen molar-refractivity contribution in [2.75, 3.05) is 13.7 Å². The summed E-state index contributed by atoms with van der Waals surface area (Å²) in [6.07, 6.45) is -1.12. The van der Waals surface area contributed by atoms with Crippen molar-refractivity contribution in [3.63, 3.8) is 0 Å². The number of hydrogen-bond acceptors (Lipinski definition) is 4. The van der Waals surface area contributed by atoms with Crippen molar-refractivity contribution >= 4 is 0 Å². The number of methoxy groups -OCH3 is 1. The third kappa shape index (κ3) is 2.46. The fourth-order valence-corrected chi connectivity index (χ4v) is 1.31. The maximum Gasteiger partial charge on any atom is 0.165 e. The molecule has 90 valence electrons. The zero-order chi connectivity index (χ0) is 12.3. The summed E-state index contributed by atoms with van der Waals surface area (Å²) in [5.74, 6) is -1.69. The monoisotopic (exact) mass is 232 g/mol. The summed E-state index contributed by atoms with van der Waals surface area (Å²) in [4.78, 5) is 0. The van der Waals surface area contributed by atoms with E-state index in [0.29, 0.717) is 0 Å². The van der Waals surface area contributed by atoms with E-state index in [-0.39, 0.29) is 17.9 Å². The molecular formula is C10H14F2N2O2. The molecule has 1 aromatic carbocycles. The molecule has 0 saturated carbocycles. The summed E-state index contributed by atoms with van der Waals surface area (Å²) in [5, 5.41) is 9.35. The van der Waals surface area contributed by atoms with Crippen LogP contribution in [0.25, 0.3) is 0 Å². The van der Waals surface area contributed by atoms with E-state index in [1.807, 2.05) is 0 Å². The first kappa shape index (κ1) is 12.8. The van der Waals surface area contributed by atoms with Gasteiger partial charge < -0.3 is 21.3 Å². The molecule has 2 atom stereocenters. The lowest BCUT2D eigenvalue weighted by molar-refractivity contribution is 0.151. The van der Waals surface area contributed by atoms with Crippen LogP contribution in [0, 0.1) is 11.6 Å². The molecule has 4 nitrogen and oxygen atoms in total. The quantitative estimate of drug-likeness (QED) is 0.697. The fraction of sp³-hybridized carbons (Fsp3) is 0.400. The van der Waals surface area contributed by atoms with E-state index in [9.17, 15) is 13.9 Å². The highest BCUT2D eigenvalue weighted by Crippen LogP contribution is 2.25. The van der Waals surface area contributed by atoms with E-state index in [4.69, 9.17) is 11.5 Å². The molecule has 1 aromatic rings. The van der Waals surface area contributed by atoms with Gasteiger partial charge in [0.2, 0.25) is 0 Å². The lowest BCUT2D eigenvalue weighted by Crippen LogP contribution is -2.33. The molecule has 0 radical (unpaired) electrons. The molecule has 0 spiro atoms. The minimum absolute atomic E-state index is 0.128. The van der Waals surface area contributed by atoms with E-state index >= 15 is 0 Å². The number of aliphatic hydroxyl groups is 1. The average molecular weight is 232 g/mol. The van der Waals surface area contributed by atoms with E-state index in [1.165, 1.54) is 7.11 Å². The molecule has 0 aliphatic heterocycles. The van der Waals surface area contributed by atoms with Gasteiger partial charge in [0.15, 0.2) is 11.6 Å². The minimum Gasteiger partial charge on any atom is -0.494 e. The lowest BCUT2D eigenvalue weighted by atomic mass is 10.0. The Balaban J connectivity index is 3.10. The van der Waals surface area contributed by atoms with Gasteiger partial charge in [-0.1, -0.05) is 0 Å². The normalized spacial score (nSPS) is 14.6. The molecule has 6 heteroatoms. The Labute approximate surface area is 91.8 Å². The van der Waals surface area contributed by atoms with Crippen LogP contribution in [0.5, 0.6) is 5.75 Å². The number of benzene rings is 1. The second-order valence-electron chi connectivity index (χ2n) is 3.34. The Kier molecular flexibility index (Phi) is 4.17. The molecule has 5 N–H and O–H groups in total. The van der Waals surface area contributed by atoms with Crippen LogP contribution in [0.2, 0.25) is 0 Å². The van der Waals surface area contributed by atoms with Crippen LogP contribution in [-0.2, 0) is 0 Å². The highest BCUT2D eigenvalue weighted by molar-refractivity contribution is 5.33. The second kappa shape index (κ2) is 5.20. The smallest absolute Gasteiger partial charge is 0.165 e. The predicted octanol–water partition coefficient (Wildman–Crippen LogP) is 0.293. The molecule has 0 aliphatic carbocycles. The van der Waals surface area contributed by atoms with Crippen molar-refractivity contribution in [2.24, 2.45) is 11.5 Å². The third-order valence-corrected chi connectivity index (χ3v) is 2.29. The molecule has 1 rings (SSSR count). The Morgan fingerprint density at radius 3 is 2.50 bits per heavy atom. The highest BCUT2D eigenvalue weighted by Gasteiger charge is 2.21. The summed E-state index contributed by atoms with van der Waals surface area (Å²) in [6.45, 7) is -0.131.